The number of hydrogen-bond acceptors (Lipinski definition) is 9. The number of rotatable bonds is 4. The SMILES string of the molecule is CCO[C@@]1(C)C[C@@H](O)C2=C(C)C[C@@H]3C(=O)C[C@@H](C)CCC[C@@H](C)C(=O)C[C@@H](C(C)C)C(=O)C[C@]3(C(=O)OC)[C@H]2/C=C(\C)CC[C@@H](O)[C@]2(C)CC[C@@H]1O2. The summed E-state index contributed by atoms with van der Waals surface area (Å²) in [6.07, 6.45) is 4.53. The molecule has 0 aromatic carbocycles. The zero-order valence-corrected chi connectivity index (χ0v) is 33.7. The number of fused-ring (bicyclic) bond motifs is 5. The third-order valence-electron chi connectivity index (χ3n) is 13.4. The third-order valence-corrected chi connectivity index (χ3v) is 13.4. The Labute approximate surface area is 312 Å². The number of aliphatic hydroxyl groups is 2. The first-order valence-corrected chi connectivity index (χ1v) is 20.0. The molecule has 0 unspecified atom stereocenters. The molecule has 294 valence electrons. The number of carbonyl (C=O) groups is 4. The summed E-state index contributed by atoms with van der Waals surface area (Å²) in [6, 6.07) is 0. The van der Waals surface area contributed by atoms with Crippen LogP contribution in [0.15, 0.2) is 22.8 Å². The average molecular weight is 729 g/mol. The van der Waals surface area contributed by atoms with Crippen molar-refractivity contribution in [2.24, 2.45) is 40.9 Å². The first-order valence-electron chi connectivity index (χ1n) is 20.0. The van der Waals surface area contributed by atoms with Crippen LogP contribution < -0.4 is 0 Å². The van der Waals surface area contributed by atoms with Crippen LogP contribution in [0.3, 0.4) is 0 Å². The number of ether oxygens (including phenoxy) is 3. The normalized spacial score (nSPS) is 41.5. The van der Waals surface area contributed by atoms with Crippen LogP contribution in [-0.2, 0) is 33.4 Å². The number of esters is 1. The van der Waals surface area contributed by atoms with E-state index >= 15 is 0 Å². The van der Waals surface area contributed by atoms with Crippen LogP contribution in [0, 0.1) is 40.9 Å². The minimum Gasteiger partial charge on any atom is -0.469 e. The van der Waals surface area contributed by atoms with Crippen molar-refractivity contribution < 1.29 is 43.6 Å². The standard InChI is InChI=1S/C43H68O9/c1-11-51-42(9)23-36(47)39-29(7)21-31-34(45)20-26(4)13-12-14-28(6)33(44)22-30(25(2)3)35(46)24-43(31,40(49)50-10)32(39)19-27(5)15-16-37(48)41(8)18-17-38(42)52-41/h19,25-26,28,30-32,36-38,47-48H,11-18,20-24H2,1-10H3/b27-19+/t26-,28+,30-,31+,32-,36+,37+,38-,41-,42-,43+/m0/s1. The van der Waals surface area contributed by atoms with Gasteiger partial charge in [-0.15, -0.1) is 0 Å². The van der Waals surface area contributed by atoms with Gasteiger partial charge in [0.25, 0.3) is 0 Å². The Balaban J connectivity index is 2.00. The maximum absolute atomic E-state index is 14.8. The highest BCUT2D eigenvalue weighted by molar-refractivity contribution is 5.97. The summed E-state index contributed by atoms with van der Waals surface area (Å²) in [5, 5.41) is 24.0. The molecule has 0 radical (unpaired) electrons. The Kier molecular flexibility index (Phi) is 14.0. The Morgan fingerprint density at radius 2 is 1.67 bits per heavy atom. The van der Waals surface area contributed by atoms with Gasteiger partial charge in [0.2, 0.25) is 0 Å². The lowest BCUT2D eigenvalue weighted by atomic mass is 9.52. The van der Waals surface area contributed by atoms with E-state index in [4.69, 9.17) is 14.2 Å². The second-order valence-electron chi connectivity index (χ2n) is 17.8. The quantitative estimate of drug-likeness (QED) is 0.226. The van der Waals surface area contributed by atoms with Crippen LogP contribution in [0.4, 0.5) is 0 Å². The van der Waals surface area contributed by atoms with Crippen LogP contribution >= 0.6 is 0 Å². The van der Waals surface area contributed by atoms with Gasteiger partial charge in [-0.3, -0.25) is 19.2 Å². The molecule has 9 heteroatoms. The van der Waals surface area contributed by atoms with Gasteiger partial charge in [-0.2, -0.15) is 0 Å². The maximum Gasteiger partial charge on any atom is 0.313 e. The number of Topliss-reactive ketones (excluding diaryl/α,β-unsaturated/α-hetero) is 3. The lowest BCUT2D eigenvalue weighted by Gasteiger charge is -2.49. The van der Waals surface area contributed by atoms with E-state index < -0.39 is 58.7 Å². The highest BCUT2D eigenvalue weighted by Crippen LogP contribution is 2.56. The molecule has 0 spiro atoms. The molecule has 4 aliphatic rings. The highest BCUT2D eigenvalue weighted by atomic mass is 16.6. The fourth-order valence-corrected chi connectivity index (χ4v) is 10.0. The highest BCUT2D eigenvalue weighted by Gasteiger charge is 2.60. The molecule has 1 saturated heterocycles. The van der Waals surface area contributed by atoms with E-state index in [1.807, 2.05) is 68.4 Å². The minimum absolute atomic E-state index is 0.0194. The Morgan fingerprint density at radius 1 is 0.981 bits per heavy atom. The van der Waals surface area contributed by atoms with Gasteiger partial charge < -0.3 is 24.4 Å². The Bertz CT molecular complexity index is 1400. The van der Waals surface area contributed by atoms with Crippen molar-refractivity contribution in [1.82, 2.24) is 0 Å². The fourth-order valence-electron chi connectivity index (χ4n) is 10.0. The lowest BCUT2D eigenvalue weighted by molar-refractivity contribution is -0.183. The van der Waals surface area contributed by atoms with Crippen LogP contribution in [0.5, 0.6) is 0 Å². The molecule has 2 fully saturated rings. The molecule has 9 nitrogen and oxygen atoms in total. The topological polar surface area (TPSA) is 136 Å². The van der Waals surface area contributed by atoms with Crippen LogP contribution in [0.1, 0.15) is 139 Å². The first kappa shape index (κ1) is 42.5. The summed E-state index contributed by atoms with van der Waals surface area (Å²) in [5.41, 5.74) is -1.09. The number of carbonyl (C=O) groups excluding carboxylic acids is 4. The smallest absolute Gasteiger partial charge is 0.313 e. The zero-order valence-electron chi connectivity index (χ0n) is 33.7. The molecular weight excluding hydrogens is 660 g/mol. The summed E-state index contributed by atoms with van der Waals surface area (Å²) in [5.74, 6) is -3.66. The molecule has 1 saturated carbocycles. The average Bonchev–Trinajstić information content (AvgIpc) is 3.49. The van der Waals surface area contributed by atoms with E-state index in [2.05, 4.69) is 0 Å². The number of allylic oxidation sites excluding steroid dienone is 3. The Hall–Kier alpha value is -2.20. The van der Waals surface area contributed by atoms with Crippen LogP contribution in [0.2, 0.25) is 0 Å². The van der Waals surface area contributed by atoms with Crippen molar-refractivity contribution in [2.45, 2.75) is 169 Å². The lowest BCUT2D eigenvalue weighted by Crippen LogP contribution is -2.55. The van der Waals surface area contributed by atoms with E-state index in [0.717, 1.165) is 24.0 Å². The number of methoxy groups -OCH3 is 1. The van der Waals surface area contributed by atoms with E-state index in [1.165, 1.54) is 7.11 Å². The van der Waals surface area contributed by atoms with Crippen molar-refractivity contribution in [3.8, 4) is 0 Å². The van der Waals surface area contributed by atoms with Crippen LogP contribution in [0.25, 0.3) is 0 Å². The summed E-state index contributed by atoms with van der Waals surface area (Å²) in [6.45, 7) is 17.9. The predicted molar refractivity (Wildman–Crippen MR) is 200 cm³/mol. The number of hydrogen-bond donors (Lipinski definition) is 2. The largest absolute Gasteiger partial charge is 0.469 e. The summed E-state index contributed by atoms with van der Waals surface area (Å²) in [7, 11) is 1.30. The second-order valence-corrected chi connectivity index (χ2v) is 17.8. The van der Waals surface area contributed by atoms with Gasteiger partial charge in [0.05, 0.1) is 42.0 Å². The Morgan fingerprint density at radius 3 is 2.31 bits per heavy atom. The summed E-state index contributed by atoms with van der Waals surface area (Å²) in [4.78, 5) is 57.8. The summed E-state index contributed by atoms with van der Waals surface area (Å²) < 4.78 is 18.7. The van der Waals surface area contributed by atoms with Gasteiger partial charge in [-0.1, -0.05) is 57.8 Å². The van der Waals surface area contributed by atoms with E-state index in [0.29, 0.717) is 44.3 Å². The van der Waals surface area contributed by atoms with E-state index in [1.54, 1.807) is 0 Å². The van der Waals surface area contributed by atoms with Gasteiger partial charge in [0, 0.05) is 56.0 Å². The molecule has 11 atom stereocenters. The van der Waals surface area contributed by atoms with Gasteiger partial charge in [0.1, 0.15) is 17.3 Å². The van der Waals surface area contributed by atoms with Gasteiger partial charge in [-0.25, -0.2) is 0 Å². The molecule has 2 N–H and O–H groups in total. The van der Waals surface area contributed by atoms with Gasteiger partial charge >= 0.3 is 5.97 Å². The molecule has 0 amide bonds. The molecule has 2 bridgehead atoms. The molecule has 2 aliphatic heterocycles. The molecule has 0 aromatic heterocycles. The molecule has 4 rings (SSSR count). The molecule has 2 heterocycles. The van der Waals surface area contributed by atoms with Crippen molar-refractivity contribution in [1.29, 1.82) is 0 Å². The van der Waals surface area contributed by atoms with Crippen molar-refractivity contribution in [2.75, 3.05) is 13.7 Å². The maximum atomic E-state index is 14.8. The predicted octanol–water partition coefficient (Wildman–Crippen LogP) is 7.29. The molecule has 2 aliphatic carbocycles. The van der Waals surface area contributed by atoms with Crippen molar-refractivity contribution in [3.05, 3.63) is 22.8 Å². The van der Waals surface area contributed by atoms with Crippen molar-refractivity contribution in [3.63, 3.8) is 0 Å². The third kappa shape index (κ3) is 8.68. The molecule has 52 heavy (non-hydrogen) atoms. The molecule has 0 aromatic rings. The van der Waals surface area contributed by atoms with Gasteiger partial charge in [-0.05, 0) is 90.6 Å². The molecular formula is C43H68O9. The van der Waals surface area contributed by atoms with Crippen LogP contribution in [-0.4, -0.2) is 76.8 Å². The first-order chi connectivity index (χ1) is 24.3. The summed E-state index contributed by atoms with van der Waals surface area (Å²) >= 11 is 0. The zero-order chi connectivity index (χ0) is 38.8. The number of ketones is 3. The van der Waals surface area contributed by atoms with E-state index in [-0.39, 0.29) is 67.2 Å². The van der Waals surface area contributed by atoms with Crippen molar-refractivity contribution >= 4 is 23.3 Å². The minimum atomic E-state index is -1.66. The fraction of sp³-hybridized carbons (Fsp3) is 0.814. The monoisotopic (exact) mass is 728 g/mol. The number of aliphatic hydroxyl groups excluding tert-OH is 2. The second kappa shape index (κ2) is 17.1. The van der Waals surface area contributed by atoms with E-state index in [9.17, 15) is 29.4 Å². The van der Waals surface area contributed by atoms with Gasteiger partial charge in [0.15, 0.2) is 0 Å².